The van der Waals surface area contributed by atoms with Gasteiger partial charge >= 0.3 is 0 Å². The van der Waals surface area contributed by atoms with Crippen molar-refractivity contribution >= 4 is 40.5 Å². The van der Waals surface area contributed by atoms with Crippen LogP contribution in [0, 0.1) is 28.1 Å². The van der Waals surface area contributed by atoms with Gasteiger partial charge in [-0.3, -0.25) is 4.79 Å². The number of anilines is 1. The minimum atomic E-state index is -1.41. The summed E-state index contributed by atoms with van der Waals surface area (Å²) in [5.74, 6) is -0.695. The molecule has 1 saturated heterocycles. The SMILES string of the molecule is N#CC1(C#N)C(c2cccs2)C(C(=O)c2ccccc2)N2c3ccc(Cl)cc3C=CC21. The molecule has 5 rings (SSSR count). The van der Waals surface area contributed by atoms with Gasteiger partial charge in [-0.1, -0.05) is 60.2 Å². The van der Waals surface area contributed by atoms with E-state index in [1.165, 1.54) is 11.3 Å². The second kappa shape index (κ2) is 7.39. The first-order valence-electron chi connectivity index (χ1n) is 9.82. The lowest BCUT2D eigenvalue weighted by Crippen LogP contribution is -2.44. The van der Waals surface area contributed by atoms with Gasteiger partial charge in [-0.25, -0.2) is 0 Å². The van der Waals surface area contributed by atoms with Crippen LogP contribution in [0.2, 0.25) is 5.02 Å². The van der Waals surface area contributed by atoms with Crippen LogP contribution in [-0.2, 0) is 0 Å². The van der Waals surface area contributed by atoms with Crippen LogP contribution in [0.3, 0.4) is 0 Å². The van der Waals surface area contributed by atoms with E-state index in [2.05, 4.69) is 12.1 Å². The molecule has 31 heavy (non-hydrogen) atoms. The normalized spacial score (nSPS) is 22.8. The molecule has 150 valence electrons. The zero-order valence-corrected chi connectivity index (χ0v) is 17.8. The fourth-order valence-corrected chi connectivity index (χ4v) is 5.93. The molecular formula is C25H16ClN3OS. The Hall–Kier alpha value is -3.38. The molecule has 0 amide bonds. The molecular weight excluding hydrogens is 426 g/mol. The Morgan fingerprint density at radius 2 is 1.84 bits per heavy atom. The number of rotatable bonds is 3. The summed E-state index contributed by atoms with van der Waals surface area (Å²) in [6.07, 6.45) is 3.76. The highest BCUT2D eigenvalue weighted by Crippen LogP contribution is 2.56. The maximum atomic E-state index is 13.9. The third-order valence-electron chi connectivity index (χ3n) is 6.14. The van der Waals surface area contributed by atoms with Gasteiger partial charge in [0.15, 0.2) is 11.2 Å². The number of nitrogens with zero attached hydrogens (tertiary/aromatic N) is 3. The molecule has 2 aromatic carbocycles. The van der Waals surface area contributed by atoms with Gasteiger partial charge in [0.05, 0.1) is 24.1 Å². The molecule has 0 aliphatic carbocycles. The molecule has 3 aromatic rings. The highest BCUT2D eigenvalue weighted by Gasteiger charge is 2.63. The number of hydrogen-bond acceptors (Lipinski definition) is 5. The molecule has 0 N–H and O–H groups in total. The standard InChI is InChI=1S/C25H16ClN3OS/c26-18-9-10-19-17(13-18)8-11-21-25(14-27,15-28)22(20-7-4-12-31-20)23(29(19)21)24(30)16-5-2-1-3-6-16/h1-13,21-23H. The van der Waals surface area contributed by atoms with Gasteiger partial charge in [-0.15, -0.1) is 11.3 Å². The van der Waals surface area contributed by atoms with Crippen molar-refractivity contribution in [3.63, 3.8) is 0 Å². The summed E-state index contributed by atoms with van der Waals surface area (Å²) in [7, 11) is 0. The second-order valence-corrected chi connectivity index (χ2v) is 9.09. The van der Waals surface area contributed by atoms with E-state index in [9.17, 15) is 15.3 Å². The van der Waals surface area contributed by atoms with Gasteiger partial charge in [0.1, 0.15) is 6.04 Å². The summed E-state index contributed by atoms with van der Waals surface area (Å²) >= 11 is 7.68. The topological polar surface area (TPSA) is 67.9 Å². The Bertz CT molecular complexity index is 1260. The molecule has 3 unspecified atom stereocenters. The van der Waals surface area contributed by atoms with Gasteiger partial charge < -0.3 is 4.90 Å². The third kappa shape index (κ3) is 2.82. The number of fused-ring (bicyclic) bond motifs is 3. The quantitative estimate of drug-likeness (QED) is 0.490. The van der Waals surface area contributed by atoms with Crippen molar-refractivity contribution in [2.75, 3.05) is 4.90 Å². The minimum absolute atomic E-state index is 0.104. The predicted octanol–water partition coefficient (Wildman–Crippen LogP) is 5.69. The Balaban J connectivity index is 1.78. The number of halogens is 1. The molecule has 2 aliphatic heterocycles. The monoisotopic (exact) mass is 441 g/mol. The number of carbonyl (C=O) groups excluding carboxylic acids is 1. The van der Waals surface area contributed by atoms with Gasteiger partial charge in [-0.2, -0.15) is 10.5 Å². The first kappa shape index (κ1) is 19.6. The number of nitriles is 2. The number of hydrogen-bond donors (Lipinski definition) is 0. The number of carbonyl (C=O) groups is 1. The van der Waals surface area contributed by atoms with Crippen LogP contribution in [0.1, 0.15) is 26.7 Å². The fourth-order valence-electron chi connectivity index (χ4n) is 4.81. The van der Waals surface area contributed by atoms with Crippen molar-refractivity contribution in [2.45, 2.75) is 18.0 Å². The first-order chi connectivity index (χ1) is 15.1. The fraction of sp³-hybridized carbons (Fsp3) is 0.160. The summed E-state index contributed by atoms with van der Waals surface area (Å²) in [5.41, 5.74) is 0.823. The lowest BCUT2D eigenvalue weighted by atomic mass is 9.71. The molecule has 1 aromatic heterocycles. The summed E-state index contributed by atoms with van der Waals surface area (Å²) in [5, 5.41) is 23.2. The van der Waals surface area contributed by atoms with E-state index in [1.807, 2.05) is 64.9 Å². The molecule has 1 fully saturated rings. The average molecular weight is 442 g/mol. The van der Waals surface area contributed by atoms with E-state index < -0.39 is 23.4 Å². The predicted molar refractivity (Wildman–Crippen MR) is 122 cm³/mol. The van der Waals surface area contributed by atoms with Crippen LogP contribution in [0.5, 0.6) is 0 Å². The summed E-state index contributed by atoms with van der Waals surface area (Å²) in [4.78, 5) is 16.7. The van der Waals surface area contributed by atoms with Crippen LogP contribution in [0.15, 0.2) is 72.1 Å². The van der Waals surface area contributed by atoms with Crippen LogP contribution in [0.25, 0.3) is 6.08 Å². The van der Waals surface area contributed by atoms with E-state index in [0.29, 0.717) is 10.6 Å². The van der Waals surface area contributed by atoms with Gasteiger partial charge in [0, 0.05) is 21.2 Å². The Morgan fingerprint density at radius 3 is 2.52 bits per heavy atom. The molecule has 6 heteroatoms. The third-order valence-corrected chi connectivity index (χ3v) is 7.34. The van der Waals surface area contributed by atoms with Crippen LogP contribution in [0.4, 0.5) is 5.69 Å². The van der Waals surface area contributed by atoms with Crippen LogP contribution in [-0.4, -0.2) is 17.9 Å². The number of ketones is 1. The van der Waals surface area contributed by atoms with Crippen molar-refractivity contribution < 1.29 is 4.79 Å². The molecule has 0 saturated carbocycles. The van der Waals surface area contributed by atoms with E-state index in [1.54, 1.807) is 18.2 Å². The van der Waals surface area contributed by atoms with E-state index in [-0.39, 0.29) is 5.78 Å². The molecule has 4 nitrogen and oxygen atoms in total. The smallest absolute Gasteiger partial charge is 0.185 e. The lowest BCUT2D eigenvalue weighted by molar-refractivity contribution is 0.0951. The molecule has 3 atom stereocenters. The first-order valence-corrected chi connectivity index (χ1v) is 11.1. The number of thiophene rings is 1. The number of benzene rings is 2. The van der Waals surface area contributed by atoms with Crippen LogP contribution < -0.4 is 4.90 Å². The van der Waals surface area contributed by atoms with Crippen molar-refractivity contribution in [1.82, 2.24) is 0 Å². The minimum Gasteiger partial charge on any atom is -0.351 e. The molecule has 0 spiro atoms. The van der Waals surface area contributed by atoms with Crippen molar-refractivity contribution in [2.24, 2.45) is 5.41 Å². The average Bonchev–Trinajstić information content (AvgIpc) is 3.43. The summed E-state index contributed by atoms with van der Waals surface area (Å²) in [6, 6.07) is 21.7. The molecule has 0 bridgehead atoms. The maximum Gasteiger partial charge on any atom is 0.185 e. The number of Topliss-reactive ketones (excluding diaryl/α,β-unsaturated/α-hetero) is 1. The van der Waals surface area contributed by atoms with Crippen LogP contribution >= 0.6 is 22.9 Å². The zero-order valence-electron chi connectivity index (χ0n) is 16.3. The molecule has 0 radical (unpaired) electrons. The summed E-state index contributed by atoms with van der Waals surface area (Å²) < 4.78 is 0. The second-order valence-electron chi connectivity index (χ2n) is 7.68. The highest BCUT2D eigenvalue weighted by molar-refractivity contribution is 7.10. The van der Waals surface area contributed by atoms with E-state index in [0.717, 1.165) is 16.1 Å². The maximum absolute atomic E-state index is 13.9. The van der Waals surface area contributed by atoms with Gasteiger partial charge in [0.2, 0.25) is 0 Å². The zero-order chi connectivity index (χ0) is 21.6. The largest absolute Gasteiger partial charge is 0.351 e. The van der Waals surface area contributed by atoms with Crippen molar-refractivity contribution in [1.29, 1.82) is 10.5 Å². The Labute approximate surface area is 189 Å². The lowest BCUT2D eigenvalue weighted by Gasteiger charge is -2.35. The van der Waals surface area contributed by atoms with Gasteiger partial charge in [0.25, 0.3) is 0 Å². The van der Waals surface area contributed by atoms with E-state index in [4.69, 9.17) is 11.6 Å². The Kier molecular flexibility index (Phi) is 4.67. The van der Waals surface area contributed by atoms with E-state index >= 15 is 0 Å². The van der Waals surface area contributed by atoms with Gasteiger partial charge in [-0.05, 0) is 35.2 Å². The van der Waals surface area contributed by atoms with Crippen molar-refractivity contribution in [3.8, 4) is 12.1 Å². The molecule has 2 aliphatic rings. The van der Waals surface area contributed by atoms with Crippen molar-refractivity contribution in [3.05, 3.63) is 93.1 Å². The Morgan fingerprint density at radius 1 is 1.06 bits per heavy atom. The highest BCUT2D eigenvalue weighted by atomic mass is 35.5. The molecule has 3 heterocycles. The summed E-state index contributed by atoms with van der Waals surface area (Å²) in [6.45, 7) is 0.